The van der Waals surface area contributed by atoms with Gasteiger partial charge in [0.15, 0.2) is 5.78 Å². The molecular formula is C21H21F5N4O3. The van der Waals surface area contributed by atoms with Gasteiger partial charge in [-0.05, 0) is 54.6 Å². The van der Waals surface area contributed by atoms with Crippen LogP contribution in [0.1, 0.15) is 46.9 Å². The lowest BCUT2D eigenvalue weighted by Gasteiger charge is -2.40. The fourth-order valence-electron chi connectivity index (χ4n) is 3.39. The highest BCUT2D eigenvalue weighted by molar-refractivity contribution is 5.96. The van der Waals surface area contributed by atoms with Crippen molar-refractivity contribution in [3.8, 4) is 0 Å². The van der Waals surface area contributed by atoms with Gasteiger partial charge in [-0.2, -0.15) is 18.1 Å². The van der Waals surface area contributed by atoms with Gasteiger partial charge >= 0.3 is 6.18 Å². The van der Waals surface area contributed by atoms with Crippen molar-refractivity contribution in [2.24, 2.45) is 10.7 Å². The molecule has 3 rings (SSSR count). The maximum absolute atomic E-state index is 14.6. The summed E-state index contributed by atoms with van der Waals surface area (Å²) in [7, 11) is 0. The summed E-state index contributed by atoms with van der Waals surface area (Å²) in [6, 6.07) is 3.86. The average molecular weight is 472 g/mol. The monoisotopic (exact) mass is 472 g/mol. The van der Waals surface area contributed by atoms with Gasteiger partial charge in [0.05, 0.1) is 13.0 Å². The molecule has 0 fully saturated rings. The summed E-state index contributed by atoms with van der Waals surface area (Å²) in [5.41, 5.74) is 1.99. The number of halogens is 5. The molecule has 2 N–H and O–H groups in total. The molecule has 0 spiro atoms. The summed E-state index contributed by atoms with van der Waals surface area (Å²) in [4.78, 5) is 28.3. The molecule has 0 unspecified atom stereocenters. The van der Waals surface area contributed by atoms with Crippen molar-refractivity contribution in [3.05, 3.63) is 58.4 Å². The van der Waals surface area contributed by atoms with Gasteiger partial charge in [-0.25, -0.2) is 4.39 Å². The molecule has 33 heavy (non-hydrogen) atoms. The number of nitrogens with two attached hydrogens (primary N) is 1. The molecule has 1 aliphatic heterocycles. The Morgan fingerprint density at radius 2 is 2.00 bits per heavy atom. The minimum Gasteiger partial charge on any atom is -0.385 e. The van der Waals surface area contributed by atoms with Gasteiger partial charge in [0.2, 0.25) is 5.60 Å². The van der Waals surface area contributed by atoms with E-state index >= 15 is 0 Å². The van der Waals surface area contributed by atoms with E-state index in [-0.39, 0.29) is 30.1 Å². The third-order valence-electron chi connectivity index (χ3n) is 5.41. The minimum atomic E-state index is -4.82. The van der Waals surface area contributed by atoms with Crippen LogP contribution in [0.3, 0.4) is 0 Å². The maximum Gasteiger partial charge on any atom is 0.424 e. The van der Waals surface area contributed by atoms with Crippen molar-refractivity contribution in [3.63, 3.8) is 0 Å². The molecule has 0 saturated carbocycles. The van der Waals surface area contributed by atoms with Gasteiger partial charge in [-0.3, -0.25) is 19.8 Å². The zero-order valence-electron chi connectivity index (χ0n) is 18.0. The summed E-state index contributed by atoms with van der Waals surface area (Å²) in [5.74, 6) is -2.14. The second kappa shape index (κ2) is 8.75. The van der Waals surface area contributed by atoms with Gasteiger partial charge in [-0.1, -0.05) is 0 Å². The summed E-state index contributed by atoms with van der Waals surface area (Å²) >= 11 is 0. The quantitative estimate of drug-likeness (QED) is 0.509. The number of nitrogens with zero attached hydrogens (tertiary/aromatic N) is 3. The van der Waals surface area contributed by atoms with Crippen molar-refractivity contribution in [1.82, 2.24) is 9.97 Å². The smallest absolute Gasteiger partial charge is 0.385 e. The van der Waals surface area contributed by atoms with Crippen LogP contribution in [0.2, 0.25) is 0 Å². The molecule has 0 bridgehead atoms. The zero-order chi connectivity index (χ0) is 24.6. The molecule has 2 atom stereocenters. The lowest BCUT2D eigenvalue weighted by Crippen LogP contribution is -2.60. The number of ether oxygens (including phenoxy) is 1. The first-order valence-electron chi connectivity index (χ1n) is 9.75. The van der Waals surface area contributed by atoms with Gasteiger partial charge in [0.25, 0.3) is 0 Å². The zero-order valence-corrected chi connectivity index (χ0v) is 18.0. The number of hydrogen-bond donors (Lipinski definition) is 1. The standard InChI is InChI=1S/C21H21F5N4O3/c1-11-6-12(9-33-26)8-28-16(11)15(31)7-13-4-5-14(22)17(29-13)19(2)10-32-20(3,18(27)30-19)21(23,24)25/h4-6,8H,7,9-10H2,1-3H3,(H2,27,30)/t19-,20+/m0/s1. The molecule has 0 aliphatic carbocycles. The number of aryl methyl sites for hydroxylation is 1. The van der Waals surface area contributed by atoms with Gasteiger partial charge in [0.1, 0.15) is 35.2 Å². The Morgan fingerprint density at radius 3 is 2.58 bits per heavy atom. The number of alkyl halides is 3. The SMILES string of the molecule is Cc1cc(COF)cnc1C(=O)Cc1ccc(F)c([C@]2(C)CO[C@@](C)(C(F)(F)F)C(N)=N2)n1. The number of aliphatic imine (C=N–C) groups is 1. The summed E-state index contributed by atoms with van der Waals surface area (Å²) in [6.07, 6.45) is -3.80. The van der Waals surface area contributed by atoms with Gasteiger partial charge < -0.3 is 10.5 Å². The maximum atomic E-state index is 14.6. The first-order valence-corrected chi connectivity index (χ1v) is 9.75. The Labute approximate surface area is 185 Å². The Kier molecular flexibility index (Phi) is 6.53. The van der Waals surface area contributed by atoms with Gasteiger partial charge in [0, 0.05) is 11.9 Å². The summed E-state index contributed by atoms with van der Waals surface area (Å²) in [6.45, 7) is 2.74. The number of Topliss-reactive ketones (excluding diaryl/α,β-unsaturated/α-hetero) is 1. The van der Waals surface area contributed by atoms with Crippen LogP contribution >= 0.6 is 0 Å². The van der Waals surface area contributed by atoms with E-state index in [9.17, 15) is 26.9 Å². The highest BCUT2D eigenvalue weighted by atomic mass is 19.4. The number of carbonyl (C=O) groups excluding carboxylic acids is 1. The van der Waals surface area contributed by atoms with Crippen LogP contribution in [0.5, 0.6) is 0 Å². The van der Waals surface area contributed by atoms with E-state index in [0.717, 1.165) is 13.0 Å². The van der Waals surface area contributed by atoms with Crippen LogP contribution < -0.4 is 5.73 Å². The molecule has 7 nitrogen and oxygen atoms in total. The molecule has 0 radical (unpaired) electrons. The fourth-order valence-corrected chi connectivity index (χ4v) is 3.39. The Hall–Kier alpha value is -2.99. The molecule has 1 aliphatic rings. The molecule has 2 aromatic rings. The van der Waals surface area contributed by atoms with Crippen LogP contribution in [0.25, 0.3) is 0 Å². The van der Waals surface area contributed by atoms with E-state index in [4.69, 9.17) is 10.5 Å². The predicted octanol–water partition coefficient (Wildman–Crippen LogP) is 3.67. The molecular weight excluding hydrogens is 451 g/mol. The van der Waals surface area contributed by atoms with Crippen LogP contribution in [0.15, 0.2) is 29.4 Å². The number of rotatable bonds is 6. The Morgan fingerprint density at radius 1 is 1.30 bits per heavy atom. The van der Waals surface area contributed by atoms with Gasteiger partial charge in [-0.15, -0.1) is 0 Å². The fraction of sp³-hybridized carbons (Fsp3) is 0.429. The number of aromatic nitrogens is 2. The van der Waals surface area contributed by atoms with Crippen LogP contribution in [0, 0.1) is 12.7 Å². The molecule has 12 heteroatoms. The largest absolute Gasteiger partial charge is 0.424 e. The first kappa shape index (κ1) is 24.6. The second-order valence-electron chi connectivity index (χ2n) is 8.09. The van der Waals surface area contributed by atoms with Crippen molar-refractivity contribution < 1.29 is 36.6 Å². The van der Waals surface area contributed by atoms with Crippen LogP contribution in [-0.4, -0.2) is 40.0 Å². The Bertz CT molecular complexity index is 1110. The lowest BCUT2D eigenvalue weighted by molar-refractivity contribution is -0.249. The third kappa shape index (κ3) is 4.71. The topological polar surface area (TPSA) is 99.7 Å². The Balaban J connectivity index is 1.90. The van der Waals surface area contributed by atoms with Crippen molar-refractivity contribution >= 4 is 11.6 Å². The third-order valence-corrected chi connectivity index (χ3v) is 5.41. The van der Waals surface area contributed by atoms with Crippen LogP contribution in [-0.2, 0) is 28.2 Å². The van der Waals surface area contributed by atoms with E-state index in [0.29, 0.717) is 11.1 Å². The number of carbonyl (C=O) groups is 1. The predicted molar refractivity (Wildman–Crippen MR) is 106 cm³/mol. The van der Waals surface area contributed by atoms with E-state index in [1.807, 2.05) is 0 Å². The highest BCUT2D eigenvalue weighted by Crippen LogP contribution is 2.40. The minimum absolute atomic E-state index is 0.112. The molecule has 3 heterocycles. The number of hydrogen-bond acceptors (Lipinski definition) is 7. The highest BCUT2D eigenvalue weighted by Gasteiger charge is 2.59. The van der Waals surface area contributed by atoms with Crippen LogP contribution in [0.4, 0.5) is 22.1 Å². The summed E-state index contributed by atoms with van der Waals surface area (Å²) in [5, 5.41) is 0. The summed E-state index contributed by atoms with van der Waals surface area (Å²) < 4.78 is 71.6. The van der Waals surface area contributed by atoms with Crippen molar-refractivity contribution in [1.29, 1.82) is 0 Å². The number of ketones is 1. The number of amidine groups is 1. The van der Waals surface area contributed by atoms with E-state index in [2.05, 4.69) is 19.9 Å². The number of pyridine rings is 2. The van der Waals surface area contributed by atoms with E-state index in [1.54, 1.807) is 13.0 Å². The van der Waals surface area contributed by atoms with Crippen molar-refractivity contribution in [2.45, 2.75) is 51.1 Å². The van der Waals surface area contributed by atoms with E-state index in [1.165, 1.54) is 19.2 Å². The van der Waals surface area contributed by atoms with Crippen molar-refractivity contribution in [2.75, 3.05) is 6.61 Å². The second-order valence-corrected chi connectivity index (χ2v) is 8.09. The molecule has 0 saturated heterocycles. The molecule has 2 aromatic heterocycles. The molecule has 0 aromatic carbocycles. The average Bonchev–Trinajstić information content (AvgIpc) is 2.72. The lowest BCUT2D eigenvalue weighted by atomic mass is 9.93. The first-order chi connectivity index (χ1) is 15.3. The molecule has 178 valence electrons. The molecule has 0 amide bonds. The normalized spacial score (nSPS) is 23.3. The van der Waals surface area contributed by atoms with E-state index < -0.39 is 41.4 Å².